The van der Waals surface area contributed by atoms with Gasteiger partial charge in [0, 0.05) is 16.7 Å². The van der Waals surface area contributed by atoms with Crippen LogP contribution in [0.3, 0.4) is 0 Å². The second-order valence-electron chi connectivity index (χ2n) is 5.48. The molecule has 1 heterocycles. The minimum absolute atomic E-state index is 0.147. The van der Waals surface area contributed by atoms with Gasteiger partial charge in [0.25, 0.3) is 0 Å². The van der Waals surface area contributed by atoms with Gasteiger partial charge < -0.3 is 4.74 Å². The third-order valence-electron chi connectivity index (χ3n) is 3.57. The lowest BCUT2D eigenvalue weighted by atomic mass is 10.0. The molecule has 0 saturated carbocycles. The van der Waals surface area contributed by atoms with Crippen molar-refractivity contribution in [3.8, 4) is 17.1 Å². The Kier molecular flexibility index (Phi) is 4.58. The summed E-state index contributed by atoms with van der Waals surface area (Å²) in [4.78, 5) is 12.1. The first-order valence-corrected chi connectivity index (χ1v) is 7.80. The molecular weight excluding hydrogens is 324 g/mol. The first-order chi connectivity index (χ1) is 11.5. The molecule has 0 spiro atoms. The van der Waals surface area contributed by atoms with Crippen LogP contribution in [0, 0.1) is 13.8 Å². The van der Waals surface area contributed by atoms with Crippen LogP contribution < -0.4 is 4.74 Å². The van der Waals surface area contributed by atoms with Gasteiger partial charge in [0.1, 0.15) is 0 Å². The second kappa shape index (κ2) is 6.81. The first-order valence-electron chi connectivity index (χ1n) is 7.42. The number of nitrogens with zero attached hydrogens (tertiary/aromatic N) is 2. The molecule has 120 valence electrons. The summed E-state index contributed by atoms with van der Waals surface area (Å²) in [5.74, 6) is -0.375. The topological polar surface area (TPSA) is 52.1 Å². The predicted molar refractivity (Wildman–Crippen MR) is 93.4 cm³/mol. The lowest BCUT2D eigenvalue weighted by Gasteiger charge is -2.07. The van der Waals surface area contributed by atoms with Crippen molar-refractivity contribution < 1.29 is 9.53 Å². The summed E-state index contributed by atoms with van der Waals surface area (Å²) in [6.07, 6.45) is 0. The van der Waals surface area contributed by atoms with Gasteiger partial charge in [-0.2, -0.15) is 0 Å². The summed E-state index contributed by atoms with van der Waals surface area (Å²) in [6, 6.07) is 16.1. The number of carbonyl (C=O) groups excluding carboxylic acids is 1. The molecule has 0 atom stereocenters. The summed E-state index contributed by atoms with van der Waals surface area (Å²) in [7, 11) is 0. The number of aromatic nitrogens is 2. The van der Waals surface area contributed by atoms with E-state index in [0.717, 1.165) is 22.4 Å². The van der Waals surface area contributed by atoms with E-state index in [9.17, 15) is 4.79 Å². The van der Waals surface area contributed by atoms with Crippen LogP contribution in [0.15, 0.2) is 54.6 Å². The highest BCUT2D eigenvalue weighted by Crippen LogP contribution is 2.23. The number of rotatable bonds is 3. The Morgan fingerprint density at radius 2 is 1.83 bits per heavy atom. The highest BCUT2D eigenvalue weighted by molar-refractivity contribution is 6.30. The minimum Gasteiger partial charge on any atom is -0.402 e. The zero-order chi connectivity index (χ0) is 17.1. The number of esters is 1. The molecular formula is C19H15ClN2O2. The molecule has 0 saturated heterocycles. The fraction of sp³-hybridized carbons (Fsp3) is 0.105. The number of halogens is 1. The Hall–Kier alpha value is -2.72. The maximum absolute atomic E-state index is 12.1. The molecule has 0 amide bonds. The summed E-state index contributed by atoms with van der Waals surface area (Å²) in [5.41, 5.74) is 4.37. The fourth-order valence-electron chi connectivity index (χ4n) is 2.30. The van der Waals surface area contributed by atoms with Gasteiger partial charge in [-0.05, 0) is 49.7 Å². The number of aryl methyl sites for hydroxylation is 2. The van der Waals surface area contributed by atoms with E-state index in [0.29, 0.717) is 10.6 Å². The molecule has 0 aliphatic heterocycles. The van der Waals surface area contributed by atoms with E-state index in [1.165, 1.54) is 0 Å². The summed E-state index contributed by atoms with van der Waals surface area (Å²) in [5, 5.41) is 8.62. The normalized spacial score (nSPS) is 10.5. The van der Waals surface area contributed by atoms with Crippen molar-refractivity contribution in [2.45, 2.75) is 13.8 Å². The summed E-state index contributed by atoms with van der Waals surface area (Å²) < 4.78 is 5.23. The van der Waals surface area contributed by atoms with Crippen LogP contribution in [-0.4, -0.2) is 16.2 Å². The summed E-state index contributed by atoms with van der Waals surface area (Å²) >= 11 is 5.87. The highest BCUT2D eigenvalue weighted by atomic mass is 35.5. The number of ether oxygens (including phenoxy) is 1. The van der Waals surface area contributed by atoms with Crippen molar-refractivity contribution in [2.24, 2.45) is 0 Å². The van der Waals surface area contributed by atoms with Crippen LogP contribution in [-0.2, 0) is 0 Å². The van der Waals surface area contributed by atoms with Gasteiger partial charge >= 0.3 is 5.97 Å². The Morgan fingerprint density at radius 1 is 1.00 bits per heavy atom. The van der Waals surface area contributed by atoms with E-state index in [1.54, 1.807) is 36.4 Å². The molecule has 4 nitrogen and oxygen atoms in total. The van der Waals surface area contributed by atoms with Gasteiger partial charge in [-0.15, -0.1) is 10.2 Å². The Morgan fingerprint density at radius 3 is 2.54 bits per heavy atom. The van der Waals surface area contributed by atoms with Crippen molar-refractivity contribution in [1.29, 1.82) is 0 Å². The number of carbonyl (C=O) groups is 1. The molecule has 0 aliphatic carbocycles. The Balaban J connectivity index is 1.80. The third kappa shape index (κ3) is 3.60. The van der Waals surface area contributed by atoms with E-state index < -0.39 is 5.97 Å². The van der Waals surface area contributed by atoms with Gasteiger partial charge in [-0.1, -0.05) is 35.4 Å². The zero-order valence-corrected chi connectivity index (χ0v) is 14.0. The van der Waals surface area contributed by atoms with Crippen LogP contribution >= 0.6 is 11.6 Å². The van der Waals surface area contributed by atoms with Crippen molar-refractivity contribution in [3.05, 3.63) is 76.3 Å². The minimum atomic E-state index is -0.522. The molecule has 2 aromatic carbocycles. The zero-order valence-electron chi connectivity index (χ0n) is 13.3. The largest absolute Gasteiger partial charge is 0.402 e. The monoisotopic (exact) mass is 338 g/mol. The van der Waals surface area contributed by atoms with Crippen molar-refractivity contribution in [3.63, 3.8) is 0 Å². The molecule has 0 N–H and O–H groups in total. The Bertz CT molecular complexity index is 892. The lowest BCUT2D eigenvalue weighted by Crippen LogP contribution is -2.09. The van der Waals surface area contributed by atoms with Crippen LogP contribution in [0.5, 0.6) is 5.88 Å². The van der Waals surface area contributed by atoms with Crippen LogP contribution in [0.4, 0.5) is 0 Å². The van der Waals surface area contributed by atoms with Crippen LogP contribution in [0.1, 0.15) is 21.5 Å². The molecule has 5 heteroatoms. The van der Waals surface area contributed by atoms with Crippen LogP contribution in [0.25, 0.3) is 11.3 Å². The average Bonchev–Trinajstić information content (AvgIpc) is 2.58. The summed E-state index contributed by atoms with van der Waals surface area (Å²) in [6.45, 7) is 4.04. The van der Waals surface area contributed by atoms with Crippen LogP contribution in [0.2, 0.25) is 5.02 Å². The predicted octanol–water partition coefficient (Wildman–Crippen LogP) is 4.63. The van der Waals surface area contributed by atoms with E-state index in [4.69, 9.17) is 16.3 Å². The van der Waals surface area contributed by atoms with Crippen molar-refractivity contribution in [2.75, 3.05) is 0 Å². The molecule has 3 rings (SSSR count). The Labute approximate surface area is 145 Å². The SMILES string of the molecule is Cc1ccc(C)c(-c2ccc(OC(=O)c3cccc(Cl)c3)nn2)c1. The van der Waals surface area contributed by atoms with E-state index >= 15 is 0 Å². The van der Waals surface area contributed by atoms with Gasteiger partial charge in [-0.25, -0.2) is 4.79 Å². The quantitative estimate of drug-likeness (QED) is 0.653. The average molecular weight is 339 g/mol. The molecule has 0 bridgehead atoms. The van der Waals surface area contributed by atoms with E-state index in [1.807, 2.05) is 26.0 Å². The van der Waals surface area contributed by atoms with Crippen molar-refractivity contribution in [1.82, 2.24) is 10.2 Å². The van der Waals surface area contributed by atoms with E-state index in [-0.39, 0.29) is 5.88 Å². The maximum atomic E-state index is 12.1. The maximum Gasteiger partial charge on any atom is 0.344 e. The van der Waals surface area contributed by atoms with Gasteiger partial charge in [0.2, 0.25) is 5.88 Å². The fourth-order valence-corrected chi connectivity index (χ4v) is 2.49. The molecule has 3 aromatic rings. The van der Waals surface area contributed by atoms with Gasteiger partial charge in [0.05, 0.1) is 11.3 Å². The molecule has 0 aliphatic rings. The smallest absolute Gasteiger partial charge is 0.344 e. The third-order valence-corrected chi connectivity index (χ3v) is 3.80. The molecule has 24 heavy (non-hydrogen) atoms. The molecule has 0 unspecified atom stereocenters. The number of hydrogen-bond acceptors (Lipinski definition) is 4. The lowest BCUT2D eigenvalue weighted by molar-refractivity contribution is 0.0726. The second-order valence-corrected chi connectivity index (χ2v) is 5.91. The van der Waals surface area contributed by atoms with E-state index in [2.05, 4.69) is 16.3 Å². The van der Waals surface area contributed by atoms with Gasteiger partial charge in [0.15, 0.2) is 0 Å². The molecule has 0 fully saturated rings. The molecule has 0 radical (unpaired) electrons. The number of hydrogen-bond donors (Lipinski definition) is 0. The molecule has 1 aromatic heterocycles. The van der Waals surface area contributed by atoms with Gasteiger partial charge in [-0.3, -0.25) is 0 Å². The standard InChI is InChI=1S/C19H15ClN2O2/c1-12-6-7-13(2)16(10-12)17-8-9-18(22-21-17)24-19(23)14-4-3-5-15(20)11-14/h3-11H,1-2H3. The number of benzene rings is 2. The van der Waals surface area contributed by atoms with Crippen molar-refractivity contribution >= 4 is 17.6 Å². The highest BCUT2D eigenvalue weighted by Gasteiger charge is 2.11. The first kappa shape index (κ1) is 16.1.